The minimum absolute atomic E-state index is 0.179. The third-order valence-electron chi connectivity index (χ3n) is 2.96. The maximum atomic E-state index is 13.7. The van der Waals surface area contributed by atoms with Crippen molar-refractivity contribution < 1.29 is 13.5 Å². The van der Waals surface area contributed by atoms with Gasteiger partial charge in [-0.15, -0.1) is 10.2 Å². The van der Waals surface area contributed by atoms with Crippen LogP contribution in [0.1, 0.15) is 11.5 Å². The Kier molecular flexibility index (Phi) is 5.15. The predicted molar refractivity (Wildman–Crippen MR) is 86.0 cm³/mol. The molecule has 0 aliphatic heterocycles. The fraction of sp³-hybridized carbons (Fsp3) is 0.125. The maximum absolute atomic E-state index is 13.7. The molecule has 1 heterocycles. The second-order valence-corrected chi connectivity index (χ2v) is 5.89. The van der Waals surface area contributed by atoms with Gasteiger partial charge in [0.25, 0.3) is 11.1 Å². The number of rotatable bonds is 6. The number of nitrogens with zero attached hydrogens (tertiary/aromatic N) is 2. The van der Waals surface area contributed by atoms with E-state index in [1.54, 1.807) is 12.1 Å². The molecule has 0 bridgehead atoms. The van der Waals surface area contributed by atoms with Crippen molar-refractivity contribution in [2.45, 2.75) is 17.6 Å². The number of para-hydroxylation sites is 1. The second kappa shape index (κ2) is 7.48. The number of ether oxygens (including phenoxy) is 1. The molecule has 0 fully saturated rings. The van der Waals surface area contributed by atoms with Crippen molar-refractivity contribution in [1.29, 1.82) is 0 Å². The average molecular weight is 351 g/mol. The van der Waals surface area contributed by atoms with Crippen molar-refractivity contribution in [3.63, 3.8) is 0 Å². The molecule has 0 unspecified atom stereocenters. The summed E-state index contributed by atoms with van der Waals surface area (Å²) in [4.78, 5) is 0. The molecule has 3 aromatic rings. The van der Waals surface area contributed by atoms with E-state index in [2.05, 4.69) is 10.2 Å². The first kappa shape index (κ1) is 15.8. The van der Waals surface area contributed by atoms with Crippen molar-refractivity contribution in [3.8, 4) is 5.75 Å². The number of aromatic nitrogens is 2. The summed E-state index contributed by atoms with van der Waals surface area (Å²) in [6.07, 6.45) is 0. The van der Waals surface area contributed by atoms with Crippen LogP contribution in [0.25, 0.3) is 0 Å². The molecular formula is C16H12ClFN2O2S. The van der Waals surface area contributed by atoms with Gasteiger partial charge in [-0.05, 0) is 24.3 Å². The van der Waals surface area contributed by atoms with Crippen LogP contribution in [0.5, 0.6) is 5.75 Å². The maximum Gasteiger partial charge on any atom is 0.277 e. The third kappa shape index (κ3) is 4.24. The highest BCUT2D eigenvalue weighted by atomic mass is 35.5. The van der Waals surface area contributed by atoms with Gasteiger partial charge in [0.1, 0.15) is 11.6 Å². The Morgan fingerprint density at radius 1 is 1.09 bits per heavy atom. The third-order valence-corrected chi connectivity index (χ3v) is 4.15. The number of hydrogen-bond donors (Lipinski definition) is 0. The lowest BCUT2D eigenvalue weighted by molar-refractivity contribution is 0.252. The fourth-order valence-electron chi connectivity index (χ4n) is 1.82. The van der Waals surface area contributed by atoms with Crippen molar-refractivity contribution in [2.75, 3.05) is 0 Å². The lowest BCUT2D eigenvalue weighted by Crippen LogP contribution is -1.95. The molecule has 7 heteroatoms. The average Bonchev–Trinajstić information content (AvgIpc) is 3.01. The molecule has 0 N–H and O–H groups in total. The van der Waals surface area contributed by atoms with E-state index < -0.39 is 0 Å². The van der Waals surface area contributed by atoms with Crippen LogP contribution < -0.4 is 4.74 Å². The first-order valence-electron chi connectivity index (χ1n) is 6.78. The molecule has 0 saturated heterocycles. The molecule has 0 saturated carbocycles. The lowest BCUT2D eigenvalue weighted by atomic mass is 10.2. The van der Waals surface area contributed by atoms with Crippen molar-refractivity contribution >= 4 is 23.4 Å². The second-order valence-electron chi connectivity index (χ2n) is 4.55. The van der Waals surface area contributed by atoms with Gasteiger partial charge in [-0.2, -0.15) is 0 Å². The zero-order chi connectivity index (χ0) is 16.1. The minimum atomic E-state index is -0.350. The van der Waals surface area contributed by atoms with Gasteiger partial charge >= 0.3 is 0 Å². The molecule has 23 heavy (non-hydrogen) atoms. The van der Waals surface area contributed by atoms with Gasteiger partial charge in [-0.1, -0.05) is 47.6 Å². The molecule has 3 rings (SSSR count). The van der Waals surface area contributed by atoms with Crippen molar-refractivity contribution in [3.05, 3.63) is 70.8 Å². The summed E-state index contributed by atoms with van der Waals surface area (Å²) >= 11 is 7.20. The zero-order valence-electron chi connectivity index (χ0n) is 11.9. The summed E-state index contributed by atoms with van der Waals surface area (Å²) in [5.74, 6) is 1.04. The van der Waals surface area contributed by atoms with E-state index in [0.29, 0.717) is 27.5 Å². The SMILES string of the molecule is Fc1cccc(Cl)c1CSc1nnc(COc2ccccc2)o1. The van der Waals surface area contributed by atoms with Gasteiger partial charge in [0.15, 0.2) is 6.61 Å². The Hall–Kier alpha value is -2.05. The summed E-state index contributed by atoms with van der Waals surface area (Å²) < 4.78 is 24.7. The Morgan fingerprint density at radius 3 is 2.70 bits per heavy atom. The Balaban J connectivity index is 1.57. The normalized spacial score (nSPS) is 10.7. The predicted octanol–water partition coefficient (Wildman–Crippen LogP) is 4.73. The van der Waals surface area contributed by atoms with Gasteiger partial charge in [-0.3, -0.25) is 0 Å². The van der Waals surface area contributed by atoms with Crippen LogP contribution in [-0.2, 0) is 12.4 Å². The molecule has 1 aromatic heterocycles. The molecule has 0 aliphatic rings. The smallest absolute Gasteiger partial charge is 0.277 e. The minimum Gasteiger partial charge on any atom is -0.484 e. The van der Waals surface area contributed by atoms with E-state index in [9.17, 15) is 4.39 Å². The van der Waals surface area contributed by atoms with Crippen molar-refractivity contribution in [1.82, 2.24) is 10.2 Å². The molecular weight excluding hydrogens is 339 g/mol. The molecule has 0 radical (unpaired) electrons. The van der Waals surface area contributed by atoms with Crippen molar-refractivity contribution in [2.24, 2.45) is 0 Å². The van der Waals surface area contributed by atoms with Gasteiger partial charge in [0.2, 0.25) is 0 Å². The van der Waals surface area contributed by atoms with Crippen LogP contribution in [0.3, 0.4) is 0 Å². The van der Waals surface area contributed by atoms with E-state index in [1.807, 2.05) is 30.3 Å². The van der Waals surface area contributed by atoms with Gasteiger partial charge in [0, 0.05) is 16.3 Å². The summed E-state index contributed by atoms with van der Waals surface area (Å²) in [7, 11) is 0. The van der Waals surface area contributed by atoms with E-state index >= 15 is 0 Å². The van der Waals surface area contributed by atoms with Crippen LogP contribution in [-0.4, -0.2) is 10.2 Å². The van der Waals surface area contributed by atoms with E-state index in [-0.39, 0.29) is 12.4 Å². The van der Waals surface area contributed by atoms with Crippen LogP contribution in [0.15, 0.2) is 58.2 Å². The standard InChI is InChI=1S/C16H12ClFN2O2S/c17-13-7-4-8-14(18)12(13)10-23-16-20-19-15(22-16)9-21-11-5-2-1-3-6-11/h1-8H,9-10H2. The summed E-state index contributed by atoms with van der Waals surface area (Å²) in [6, 6.07) is 13.9. The van der Waals surface area contributed by atoms with Crippen LogP contribution in [0.2, 0.25) is 5.02 Å². The van der Waals surface area contributed by atoms with Crippen LogP contribution in [0, 0.1) is 5.82 Å². The quantitative estimate of drug-likeness (QED) is 0.601. The highest BCUT2D eigenvalue weighted by Gasteiger charge is 2.11. The summed E-state index contributed by atoms with van der Waals surface area (Å²) in [5, 5.41) is 8.53. The van der Waals surface area contributed by atoms with Gasteiger partial charge in [0.05, 0.1) is 0 Å². The number of halogens is 2. The molecule has 0 spiro atoms. The first-order valence-corrected chi connectivity index (χ1v) is 8.14. The number of thioether (sulfide) groups is 1. The molecule has 0 aliphatic carbocycles. The Morgan fingerprint density at radius 2 is 1.91 bits per heavy atom. The largest absolute Gasteiger partial charge is 0.484 e. The highest BCUT2D eigenvalue weighted by molar-refractivity contribution is 7.98. The topological polar surface area (TPSA) is 48.2 Å². The highest BCUT2D eigenvalue weighted by Crippen LogP contribution is 2.27. The number of hydrogen-bond acceptors (Lipinski definition) is 5. The van der Waals surface area contributed by atoms with E-state index in [1.165, 1.54) is 17.8 Å². The lowest BCUT2D eigenvalue weighted by Gasteiger charge is -2.03. The Labute approximate surface area is 141 Å². The molecule has 0 atom stereocenters. The number of benzene rings is 2. The first-order chi connectivity index (χ1) is 11.2. The van der Waals surface area contributed by atoms with Gasteiger partial charge in [-0.25, -0.2) is 4.39 Å². The summed E-state index contributed by atoms with van der Waals surface area (Å²) in [6.45, 7) is 0.179. The van der Waals surface area contributed by atoms with Crippen LogP contribution in [0.4, 0.5) is 4.39 Å². The van der Waals surface area contributed by atoms with Crippen LogP contribution >= 0.6 is 23.4 Å². The summed E-state index contributed by atoms with van der Waals surface area (Å²) in [5.41, 5.74) is 0.416. The Bertz CT molecular complexity index is 763. The van der Waals surface area contributed by atoms with E-state index in [4.69, 9.17) is 20.8 Å². The fourth-order valence-corrected chi connectivity index (χ4v) is 2.94. The monoisotopic (exact) mass is 350 g/mol. The van der Waals surface area contributed by atoms with E-state index in [0.717, 1.165) is 5.75 Å². The molecule has 118 valence electrons. The molecule has 4 nitrogen and oxygen atoms in total. The van der Waals surface area contributed by atoms with Gasteiger partial charge < -0.3 is 9.15 Å². The zero-order valence-corrected chi connectivity index (χ0v) is 13.5. The molecule has 2 aromatic carbocycles. The molecule has 0 amide bonds.